The zero-order chi connectivity index (χ0) is 23.5. The van der Waals surface area contributed by atoms with Crippen molar-refractivity contribution in [1.29, 1.82) is 0 Å². The Kier molecular flexibility index (Phi) is 6.36. The molecule has 0 unspecified atom stereocenters. The van der Waals surface area contributed by atoms with Gasteiger partial charge in [-0.2, -0.15) is 0 Å². The predicted octanol–water partition coefficient (Wildman–Crippen LogP) is 3.11. The number of ether oxygens (including phenoxy) is 1. The number of methoxy groups -OCH3 is 1. The van der Waals surface area contributed by atoms with Gasteiger partial charge in [0.1, 0.15) is 17.3 Å². The third-order valence-electron chi connectivity index (χ3n) is 5.28. The second-order valence-electron chi connectivity index (χ2n) is 7.34. The summed E-state index contributed by atoms with van der Waals surface area (Å²) in [5.74, 6) is 1.23. The molecule has 1 amide bonds. The first-order valence-corrected chi connectivity index (χ1v) is 11.2. The highest BCUT2D eigenvalue weighted by molar-refractivity contribution is 7.99. The van der Waals surface area contributed by atoms with Crippen LogP contribution in [0.2, 0.25) is 0 Å². The van der Waals surface area contributed by atoms with Gasteiger partial charge in [0.15, 0.2) is 5.16 Å². The molecule has 0 fully saturated rings. The van der Waals surface area contributed by atoms with E-state index in [4.69, 9.17) is 4.74 Å². The second kappa shape index (κ2) is 9.37. The normalized spacial score (nSPS) is 10.9. The van der Waals surface area contributed by atoms with E-state index in [0.29, 0.717) is 16.7 Å². The number of nitrogens with one attached hydrogen (secondary N) is 1. The molecule has 0 aliphatic heterocycles. The molecule has 0 bridgehead atoms. The molecule has 0 aliphatic carbocycles. The maximum Gasteiger partial charge on any atom is 0.295 e. The van der Waals surface area contributed by atoms with Crippen LogP contribution in [0, 0.1) is 13.8 Å². The minimum Gasteiger partial charge on any atom is -0.497 e. The Hall–Kier alpha value is -3.79. The van der Waals surface area contributed by atoms with E-state index in [1.165, 1.54) is 16.4 Å². The molecule has 2 aromatic carbocycles. The van der Waals surface area contributed by atoms with Crippen LogP contribution in [0.1, 0.15) is 11.5 Å². The minimum atomic E-state index is -0.298. The van der Waals surface area contributed by atoms with Gasteiger partial charge in [-0.15, -0.1) is 10.2 Å². The van der Waals surface area contributed by atoms with Gasteiger partial charge in [-0.3, -0.25) is 18.8 Å². The molecule has 4 rings (SSSR count). The van der Waals surface area contributed by atoms with Crippen LogP contribution in [0.5, 0.6) is 5.75 Å². The molecular weight excluding hydrogens is 440 g/mol. The quantitative estimate of drug-likeness (QED) is 0.422. The molecule has 0 aliphatic rings. The summed E-state index contributed by atoms with van der Waals surface area (Å²) >= 11 is 1.25. The number of thioether (sulfide) groups is 1. The summed E-state index contributed by atoms with van der Waals surface area (Å²) in [5, 5.41) is 11.7. The molecule has 2 heterocycles. The number of amides is 1. The fourth-order valence-corrected chi connectivity index (χ4v) is 4.28. The molecule has 1 N–H and O–H groups in total. The highest BCUT2D eigenvalue weighted by atomic mass is 32.2. The molecule has 33 heavy (non-hydrogen) atoms. The summed E-state index contributed by atoms with van der Waals surface area (Å²) in [7, 11) is 3.40. The van der Waals surface area contributed by atoms with Gasteiger partial charge in [-0.1, -0.05) is 30.0 Å². The van der Waals surface area contributed by atoms with Crippen molar-refractivity contribution in [3.8, 4) is 17.1 Å². The van der Waals surface area contributed by atoms with E-state index in [1.54, 1.807) is 25.8 Å². The summed E-state index contributed by atoms with van der Waals surface area (Å²) in [4.78, 5) is 25.7. The van der Waals surface area contributed by atoms with Crippen molar-refractivity contribution in [2.24, 2.45) is 7.05 Å². The molecule has 0 atom stereocenters. The van der Waals surface area contributed by atoms with Crippen molar-refractivity contribution in [1.82, 2.24) is 24.1 Å². The number of hydrogen-bond donors (Lipinski definition) is 1. The van der Waals surface area contributed by atoms with Crippen LogP contribution in [-0.4, -0.2) is 42.9 Å². The lowest BCUT2D eigenvalue weighted by Crippen LogP contribution is -2.23. The van der Waals surface area contributed by atoms with Gasteiger partial charge in [-0.25, -0.2) is 4.68 Å². The fourth-order valence-electron chi connectivity index (χ4n) is 3.48. The monoisotopic (exact) mass is 464 g/mol. The summed E-state index contributed by atoms with van der Waals surface area (Å²) in [5.41, 5.74) is 2.24. The Labute approximate surface area is 195 Å². The Morgan fingerprint density at radius 3 is 2.39 bits per heavy atom. The van der Waals surface area contributed by atoms with E-state index in [1.807, 2.05) is 66.1 Å². The first-order chi connectivity index (χ1) is 15.9. The number of nitrogens with zero attached hydrogens (tertiary/aromatic N) is 5. The SMILES string of the molecule is COc1ccc(-n2c(C)nnc2SCC(=O)Nc2c(C)n(C)n(-c3ccccc3)c2=O)cc1. The van der Waals surface area contributed by atoms with Crippen LogP contribution < -0.4 is 15.6 Å². The highest BCUT2D eigenvalue weighted by Gasteiger charge is 2.19. The maximum atomic E-state index is 13.0. The molecule has 4 aromatic rings. The number of anilines is 1. The van der Waals surface area contributed by atoms with Crippen molar-refractivity contribution in [3.05, 3.63) is 76.5 Å². The van der Waals surface area contributed by atoms with Crippen LogP contribution in [0.25, 0.3) is 11.4 Å². The van der Waals surface area contributed by atoms with E-state index < -0.39 is 0 Å². The van der Waals surface area contributed by atoms with Gasteiger partial charge >= 0.3 is 0 Å². The zero-order valence-corrected chi connectivity index (χ0v) is 19.6. The maximum absolute atomic E-state index is 13.0. The second-order valence-corrected chi connectivity index (χ2v) is 8.28. The third kappa shape index (κ3) is 4.42. The van der Waals surface area contributed by atoms with Crippen LogP contribution in [0.15, 0.2) is 64.5 Å². The Balaban J connectivity index is 1.51. The average Bonchev–Trinajstić information content (AvgIpc) is 3.30. The summed E-state index contributed by atoms with van der Waals surface area (Å²) < 4.78 is 10.3. The number of carbonyl (C=O) groups is 1. The Morgan fingerprint density at radius 2 is 1.73 bits per heavy atom. The molecule has 0 saturated carbocycles. The Bertz CT molecular complexity index is 1340. The van der Waals surface area contributed by atoms with Gasteiger partial charge in [0.05, 0.1) is 24.2 Å². The number of benzene rings is 2. The van der Waals surface area contributed by atoms with Crippen molar-refractivity contribution >= 4 is 23.4 Å². The fraction of sp³-hybridized carbons (Fsp3) is 0.217. The molecule has 9 nitrogen and oxygen atoms in total. The largest absolute Gasteiger partial charge is 0.497 e. The van der Waals surface area contributed by atoms with E-state index in [0.717, 1.165) is 17.1 Å². The third-order valence-corrected chi connectivity index (χ3v) is 6.21. The van der Waals surface area contributed by atoms with Gasteiger partial charge in [0.25, 0.3) is 5.56 Å². The lowest BCUT2D eigenvalue weighted by molar-refractivity contribution is -0.113. The minimum absolute atomic E-state index is 0.0768. The highest BCUT2D eigenvalue weighted by Crippen LogP contribution is 2.24. The zero-order valence-electron chi connectivity index (χ0n) is 18.8. The van der Waals surface area contributed by atoms with Crippen LogP contribution in [0.4, 0.5) is 5.69 Å². The molecule has 0 saturated heterocycles. The predicted molar refractivity (Wildman–Crippen MR) is 128 cm³/mol. The number of hydrogen-bond acceptors (Lipinski definition) is 6. The lowest BCUT2D eigenvalue weighted by atomic mass is 10.3. The molecule has 0 spiro atoms. The molecule has 10 heteroatoms. The first-order valence-electron chi connectivity index (χ1n) is 10.2. The van der Waals surface area contributed by atoms with Crippen LogP contribution in [-0.2, 0) is 11.8 Å². The van der Waals surface area contributed by atoms with E-state index in [2.05, 4.69) is 15.5 Å². The first kappa shape index (κ1) is 22.4. The smallest absolute Gasteiger partial charge is 0.295 e. The van der Waals surface area contributed by atoms with Crippen LogP contribution in [0.3, 0.4) is 0 Å². The number of carbonyl (C=O) groups excluding carboxylic acids is 1. The van der Waals surface area contributed by atoms with Gasteiger partial charge in [0.2, 0.25) is 5.91 Å². The van der Waals surface area contributed by atoms with E-state index in [-0.39, 0.29) is 22.9 Å². The van der Waals surface area contributed by atoms with Gasteiger partial charge in [0, 0.05) is 12.7 Å². The molecule has 0 radical (unpaired) electrons. The number of rotatable bonds is 7. The summed E-state index contributed by atoms with van der Waals surface area (Å²) in [6, 6.07) is 16.8. The number of aromatic nitrogens is 5. The van der Waals surface area contributed by atoms with Crippen molar-refractivity contribution in [2.75, 3.05) is 18.2 Å². The summed E-state index contributed by atoms with van der Waals surface area (Å²) in [6.45, 7) is 3.65. The molecule has 2 aromatic heterocycles. The van der Waals surface area contributed by atoms with Crippen molar-refractivity contribution in [2.45, 2.75) is 19.0 Å². The van der Waals surface area contributed by atoms with E-state index in [9.17, 15) is 9.59 Å². The summed E-state index contributed by atoms with van der Waals surface area (Å²) in [6.07, 6.45) is 0. The van der Waals surface area contributed by atoms with Gasteiger partial charge < -0.3 is 10.1 Å². The Morgan fingerprint density at radius 1 is 1.03 bits per heavy atom. The van der Waals surface area contributed by atoms with Gasteiger partial charge in [-0.05, 0) is 50.2 Å². The number of para-hydroxylation sites is 1. The van der Waals surface area contributed by atoms with E-state index >= 15 is 0 Å². The molecule has 170 valence electrons. The average molecular weight is 465 g/mol. The van der Waals surface area contributed by atoms with Crippen molar-refractivity contribution < 1.29 is 9.53 Å². The lowest BCUT2D eigenvalue weighted by Gasteiger charge is -2.09. The molecular formula is C23H24N6O3S. The topological polar surface area (TPSA) is 96.0 Å². The van der Waals surface area contributed by atoms with Crippen LogP contribution >= 0.6 is 11.8 Å². The van der Waals surface area contributed by atoms with Crippen molar-refractivity contribution in [3.63, 3.8) is 0 Å². The standard InChI is InChI=1S/C23H24N6O3S/c1-15-21(22(31)29(27(15)3)18-8-6-5-7-9-18)24-20(30)14-33-23-26-25-16(2)28(23)17-10-12-19(32-4)13-11-17/h5-13H,14H2,1-4H3,(H,24,30). The number of aryl methyl sites for hydroxylation is 1.